The number of carbonyl (C=O) groups excluding carboxylic acids is 2. The number of quaternary nitrogens is 2. The molecule has 0 radical (unpaired) electrons. The lowest BCUT2D eigenvalue weighted by Gasteiger charge is -2.29. The summed E-state index contributed by atoms with van der Waals surface area (Å²) in [6.45, 7) is 11.0. The third-order valence-electron chi connectivity index (χ3n) is 5.14. The van der Waals surface area contributed by atoms with Crippen LogP contribution in [-0.2, 0) is 11.3 Å². The summed E-state index contributed by atoms with van der Waals surface area (Å²) in [6, 6.07) is 14.6. The first kappa shape index (κ1) is 20.3. The van der Waals surface area contributed by atoms with Gasteiger partial charge in [-0.2, -0.15) is 0 Å². The van der Waals surface area contributed by atoms with E-state index < -0.39 is 6.03 Å². The molecule has 0 aliphatic carbocycles. The van der Waals surface area contributed by atoms with Crippen molar-refractivity contribution in [1.82, 2.24) is 10.6 Å². The summed E-state index contributed by atoms with van der Waals surface area (Å²) < 4.78 is 0. The molecule has 150 valence electrons. The van der Waals surface area contributed by atoms with E-state index >= 15 is 0 Å². The van der Waals surface area contributed by atoms with Gasteiger partial charge in [-0.05, 0) is 31.5 Å². The standard InChI is InChI=1S/C22H30N4O2/c1-22(2,3)24-21(28)23-20(27)16-26-13-11-25(12-14-26)15-18-9-6-8-17-7-4-5-10-19(17)18/h4-10H,11-16H2,1-3H3,(H2,23,24,27,28)/p+2. The lowest BCUT2D eigenvalue weighted by atomic mass is 10.0. The van der Waals surface area contributed by atoms with Crippen LogP contribution in [0.4, 0.5) is 4.79 Å². The molecule has 0 bridgehead atoms. The number of imide groups is 1. The Morgan fingerprint density at radius 2 is 1.57 bits per heavy atom. The molecule has 1 heterocycles. The minimum atomic E-state index is -0.419. The fraction of sp³-hybridized carbons (Fsp3) is 0.455. The van der Waals surface area contributed by atoms with E-state index in [1.54, 1.807) is 4.90 Å². The molecule has 6 nitrogen and oxygen atoms in total. The van der Waals surface area contributed by atoms with Gasteiger partial charge in [-0.15, -0.1) is 0 Å². The molecule has 0 unspecified atom stereocenters. The summed E-state index contributed by atoms with van der Waals surface area (Å²) in [5, 5.41) is 7.81. The Balaban J connectivity index is 1.47. The van der Waals surface area contributed by atoms with Gasteiger partial charge in [-0.1, -0.05) is 42.5 Å². The van der Waals surface area contributed by atoms with Gasteiger partial charge in [-0.3, -0.25) is 10.1 Å². The Kier molecular flexibility index (Phi) is 6.31. The number of nitrogens with one attached hydrogen (secondary N) is 4. The highest BCUT2D eigenvalue weighted by molar-refractivity contribution is 5.95. The first-order valence-corrected chi connectivity index (χ1v) is 10.1. The lowest BCUT2D eigenvalue weighted by Crippen LogP contribution is -3.28. The zero-order valence-electron chi connectivity index (χ0n) is 17.1. The first-order valence-electron chi connectivity index (χ1n) is 10.1. The molecule has 3 rings (SSSR count). The van der Waals surface area contributed by atoms with Crippen LogP contribution in [0.15, 0.2) is 42.5 Å². The topological polar surface area (TPSA) is 67.1 Å². The van der Waals surface area contributed by atoms with Crippen molar-refractivity contribution < 1.29 is 19.4 Å². The highest BCUT2D eigenvalue weighted by Gasteiger charge is 2.26. The van der Waals surface area contributed by atoms with Crippen LogP contribution in [0.25, 0.3) is 10.8 Å². The van der Waals surface area contributed by atoms with Gasteiger partial charge in [0.15, 0.2) is 6.54 Å². The van der Waals surface area contributed by atoms with Crippen molar-refractivity contribution in [2.24, 2.45) is 0 Å². The van der Waals surface area contributed by atoms with Crippen LogP contribution >= 0.6 is 0 Å². The van der Waals surface area contributed by atoms with Crippen LogP contribution in [0, 0.1) is 0 Å². The van der Waals surface area contributed by atoms with E-state index in [2.05, 4.69) is 53.1 Å². The van der Waals surface area contributed by atoms with Crippen LogP contribution in [-0.4, -0.2) is 50.2 Å². The van der Waals surface area contributed by atoms with Crippen molar-refractivity contribution in [3.63, 3.8) is 0 Å². The highest BCUT2D eigenvalue weighted by Crippen LogP contribution is 2.17. The van der Waals surface area contributed by atoms with Crippen LogP contribution < -0.4 is 20.4 Å². The smallest absolute Gasteiger partial charge is 0.322 e. The third-order valence-corrected chi connectivity index (χ3v) is 5.14. The Labute approximate surface area is 166 Å². The third kappa shape index (κ3) is 5.78. The second kappa shape index (κ2) is 8.71. The van der Waals surface area contributed by atoms with Crippen molar-refractivity contribution in [3.05, 3.63) is 48.0 Å². The number of fused-ring (bicyclic) bond motifs is 1. The van der Waals surface area contributed by atoms with Crippen molar-refractivity contribution in [2.45, 2.75) is 32.9 Å². The van der Waals surface area contributed by atoms with Crippen molar-refractivity contribution in [3.8, 4) is 0 Å². The predicted molar refractivity (Wildman–Crippen MR) is 110 cm³/mol. The molecule has 2 aromatic rings. The van der Waals surface area contributed by atoms with Gasteiger partial charge in [0.2, 0.25) is 0 Å². The van der Waals surface area contributed by atoms with Crippen molar-refractivity contribution >= 4 is 22.7 Å². The van der Waals surface area contributed by atoms with Gasteiger partial charge >= 0.3 is 6.03 Å². The summed E-state index contributed by atoms with van der Waals surface area (Å²) in [7, 11) is 0. The van der Waals surface area contributed by atoms with E-state index in [9.17, 15) is 9.59 Å². The van der Waals surface area contributed by atoms with Gasteiger partial charge in [0.1, 0.15) is 32.7 Å². The second-order valence-electron chi connectivity index (χ2n) is 8.74. The Hall–Kier alpha value is -2.44. The van der Waals surface area contributed by atoms with Gasteiger partial charge in [0, 0.05) is 11.1 Å². The SMILES string of the molecule is CC(C)(C)NC(=O)NC(=O)C[NH+]1CC[NH+](Cc2cccc3ccccc23)CC1. The molecule has 1 aliphatic heterocycles. The summed E-state index contributed by atoms with van der Waals surface area (Å²) >= 11 is 0. The van der Waals surface area contributed by atoms with Crippen LogP contribution in [0.3, 0.4) is 0 Å². The maximum atomic E-state index is 12.1. The molecular weight excluding hydrogens is 352 g/mol. The second-order valence-corrected chi connectivity index (χ2v) is 8.74. The van der Waals surface area contributed by atoms with E-state index in [0.717, 1.165) is 32.7 Å². The van der Waals surface area contributed by atoms with Gasteiger partial charge in [0.25, 0.3) is 5.91 Å². The number of benzene rings is 2. The molecule has 1 saturated heterocycles. The zero-order chi connectivity index (χ0) is 20.1. The van der Waals surface area contributed by atoms with Gasteiger partial charge < -0.3 is 15.1 Å². The highest BCUT2D eigenvalue weighted by atomic mass is 16.2. The largest absolute Gasteiger partial charge is 0.333 e. The minimum absolute atomic E-state index is 0.214. The number of carbonyl (C=O) groups is 2. The summed E-state index contributed by atoms with van der Waals surface area (Å²) in [5.41, 5.74) is 1.03. The monoisotopic (exact) mass is 384 g/mol. The average Bonchev–Trinajstić information content (AvgIpc) is 2.62. The Morgan fingerprint density at radius 3 is 2.29 bits per heavy atom. The van der Waals surface area contributed by atoms with Crippen LogP contribution in [0.2, 0.25) is 0 Å². The fourth-order valence-electron chi connectivity index (χ4n) is 3.80. The van der Waals surface area contributed by atoms with Crippen molar-refractivity contribution in [1.29, 1.82) is 0 Å². The van der Waals surface area contributed by atoms with E-state index in [4.69, 9.17) is 0 Å². The van der Waals surface area contributed by atoms with Crippen LogP contribution in [0.5, 0.6) is 0 Å². The molecule has 28 heavy (non-hydrogen) atoms. The van der Waals surface area contributed by atoms with Gasteiger partial charge in [0.05, 0.1) is 0 Å². The Morgan fingerprint density at radius 1 is 0.929 bits per heavy atom. The molecule has 3 amide bonds. The quantitative estimate of drug-likeness (QED) is 0.587. The number of rotatable bonds is 4. The average molecular weight is 385 g/mol. The number of urea groups is 1. The summed E-state index contributed by atoms with van der Waals surface area (Å²) in [5.74, 6) is -0.214. The first-order chi connectivity index (χ1) is 13.3. The summed E-state index contributed by atoms with van der Waals surface area (Å²) in [6.07, 6.45) is 0. The number of hydrogen-bond donors (Lipinski definition) is 4. The van der Waals surface area contributed by atoms with E-state index in [1.807, 2.05) is 20.8 Å². The molecule has 0 saturated carbocycles. The predicted octanol–water partition coefficient (Wildman–Crippen LogP) is -0.252. The minimum Gasteiger partial charge on any atom is -0.333 e. The number of piperazine rings is 1. The molecule has 0 spiro atoms. The fourth-order valence-corrected chi connectivity index (χ4v) is 3.80. The molecule has 0 atom stereocenters. The number of hydrogen-bond acceptors (Lipinski definition) is 2. The molecule has 4 N–H and O–H groups in total. The lowest BCUT2D eigenvalue weighted by molar-refractivity contribution is -1.02. The molecular formula is C22H32N4O2+2. The van der Waals surface area contributed by atoms with Crippen molar-refractivity contribution in [2.75, 3.05) is 32.7 Å². The molecule has 1 fully saturated rings. The molecule has 1 aliphatic rings. The summed E-state index contributed by atoms with van der Waals surface area (Å²) in [4.78, 5) is 26.7. The normalized spacial score (nSPS) is 20.0. The van der Waals surface area contributed by atoms with E-state index in [1.165, 1.54) is 21.2 Å². The molecule has 2 aromatic carbocycles. The Bertz CT molecular complexity index is 831. The molecule has 6 heteroatoms. The maximum Gasteiger partial charge on any atom is 0.322 e. The maximum absolute atomic E-state index is 12.1. The van der Waals surface area contributed by atoms with Crippen LogP contribution in [0.1, 0.15) is 26.3 Å². The van der Waals surface area contributed by atoms with E-state index in [-0.39, 0.29) is 11.4 Å². The van der Waals surface area contributed by atoms with Gasteiger partial charge in [-0.25, -0.2) is 4.79 Å². The number of amides is 3. The zero-order valence-corrected chi connectivity index (χ0v) is 17.1. The molecule has 0 aromatic heterocycles. The van der Waals surface area contributed by atoms with E-state index in [0.29, 0.717) is 6.54 Å².